The summed E-state index contributed by atoms with van der Waals surface area (Å²) in [6.07, 6.45) is 0.925. The average Bonchev–Trinajstić information content (AvgIpc) is 2.33. The van der Waals surface area contributed by atoms with E-state index in [0.29, 0.717) is 0 Å². The monoisotopic (exact) mass is 290 g/mol. The molecule has 112 valence electrons. The normalized spacial score (nSPS) is 8.32. The summed E-state index contributed by atoms with van der Waals surface area (Å²) in [4.78, 5) is 9.97. The van der Waals surface area contributed by atoms with Gasteiger partial charge in [0.25, 0.3) is 0 Å². The van der Waals surface area contributed by atoms with Crippen LogP contribution in [-0.2, 0) is 14.8 Å². The Bertz CT molecular complexity index is 403. The van der Waals surface area contributed by atoms with Gasteiger partial charge in [-0.05, 0) is 12.1 Å². The topological polar surface area (TPSA) is 89.3 Å². The Morgan fingerprint density at radius 2 is 1.42 bits per heavy atom. The number of para-hydroxylation sites is 1. The van der Waals surface area contributed by atoms with Crippen LogP contribution in [-0.4, -0.2) is 20.6 Å². The van der Waals surface area contributed by atoms with E-state index >= 15 is 0 Å². The average molecular weight is 290 g/mol. The molecule has 0 bridgehead atoms. The van der Waals surface area contributed by atoms with Crippen LogP contribution in [0.25, 0.3) is 0 Å². The summed E-state index contributed by atoms with van der Waals surface area (Å²) < 4.78 is 21.9. The van der Waals surface area contributed by atoms with Crippen molar-refractivity contribution in [1.29, 1.82) is 0 Å². The second kappa shape index (κ2) is 14.5. The van der Waals surface area contributed by atoms with Crippen molar-refractivity contribution < 1.29 is 13.2 Å². The molecule has 0 heterocycles. The summed E-state index contributed by atoms with van der Waals surface area (Å²) in [5.74, 6) is -0.562. The zero-order valence-electron chi connectivity index (χ0n) is 12.6. The summed E-state index contributed by atoms with van der Waals surface area (Å²) in [5.41, 5.74) is 6.18. The predicted molar refractivity (Wildman–Crippen MR) is 82.2 cm³/mol. The van der Waals surface area contributed by atoms with Gasteiger partial charge in [-0.1, -0.05) is 45.9 Å². The van der Waals surface area contributed by atoms with E-state index in [1.165, 1.54) is 0 Å². The van der Waals surface area contributed by atoms with Gasteiger partial charge in [0.2, 0.25) is 15.9 Å². The maximum absolute atomic E-state index is 10.1. The highest BCUT2D eigenvalue weighted by molar-refractivity contribution is 7.89. The maximum Gasteiger partial charge on any atom is 0.231 e. The first kappa shape index (κ1) is 22.6. The van der Waals surface area contributed by atoms with Crippen LogP contribution in [0.2, 0.25) is 0 Å². The maximum atomic E-state index is 10.1. The molecule has 0 spiro atoms. The summed E-state index contributed by atoms with van der Waals surface area (Å²) in [5, 5.41) is 0. The van der Waals surface area contributed by atoms with E-state index in [1.807, 2.05) is 58.0 Å². The van der Waals surface area contributed by atoms with Gasteiger partial charge >= 0.3 is 0 Å². The SMILES string of the molecule is CC.CC.CC(=O)NS(C)(=O)=O.Nc1ccccc1. The molecule has 0 aliphatic rings. The molecule has 0 aliphatic heterocycles. The van der Waals surface area contributed by atoms with E-state index in [1.54, 1.807) is 4.72 Å². The molecule has 0 atom stereocenters. The molecular formula is C13H26N2O3S. The van der Waals surface area contributed by atoms with Crippen molar-refractivity contribution in [2.24, 2.45) is 0 Å². The lowest BCUT2D eigenvalue weighted by Gasteiger charge is -1.93. The number of rotatable bonds is 1. The fourth-order valence-corrected chi connectivity index (χ4v) is 1.24. The summed E-state index contributed by atoms with van der Waals surface area (Å²) in [6, 6.07) is 9.49. The highest BCUT2D eigenvalue weighted by atomic mass is 32.2. The van der Waals surface area contributed by atoms with Gasteiger partial charge in [0, 0.05) is 12.6 Å². The van der Waals surface area contributed by atoms with Crippen molar-refractivity contribution >= 4 is 21.6 Å². The van der Waals surface area contributed by atoms with E-state index < -0.39 is 15.9 Å². The van der Waals surface area contributed by atoms with Crippen LogP contribution in [0.5, 0.6) is 0 Å². The van der Waals surface area contributed by atoms with Crippen molar-refractivity contribution in [3.63, 3.8) is 0 Å². The number of sulfonamides is 1. The number of hydrogen-bond acceptors (Lipinski definition) is 4. The van der Waals surface area contributed by atoms with E-state index in [0.717, 1.165) is 18.9 Å². The third-order valence-corrected chi connectivity index (χ3v) is 1.79. The lowest BCUT2D eigenvalue weighted by atomic mass is 10.3. The Hall–Kier alpha value is -1.56. The number of nitrogens with one attached hydrogen (secondary N) is 1. The molecule has 1 aromatic carbocycles. The number of nitrogen functional groups attached to an aromatic ring is 1. The summed E-state index contributed by atoms with van der Waals surface area (Å²) in [6.45, 7) is 9.14. The fraction of sp³-hybridized carbons (Fsp3) is 0.462. The van der Waals surface area contributed by atoms with Gasteiger partial charge in [0.15, 0.2) is 0 Å². The number of hydrogen-bond donors (Lipinski definition) is 2. The minimum absolute atomic E-state index is 0.562. The molecule has 0 aliphatic carbocycles. The first-order valence-electron chi connectivity index (χ1n) is 6.10. The van der Waals surface area contributed by atoms with E-state index in [-0.39, 0.29) is 0 Å². The fourth-order valence-electron chi connectivity index (χ4n) is 0.714. The van der Waals surface area contributed by atoms with Gasteiger partial charge in [0.05, 0.1) is 6.26 Å². The summed E-state index contributed by atoms with van der Waals surface area (Å²) in [7, 11) is -3.32. The number of anilines is 1. The first-order chi connectivity index (χ1) is 8.81. The quantitative estimate of drug-likeness (QED) is 0.777. The third-order valence-electron chi connectivity index (χ3n) is 1.13. The second-order valence-corrected chi connectivity index (χ2v) is 4.59. The minimum atomic E-state index is -3.32. The van der Waals surface area contributed by atoms with Crippen molar-refractivity contribution in [2.45, 2.75) is 34.6 Å². The summed E-state index contributed by atoms with van der Waals surface area (Å²) >= 11 is 0. The molecule has 0 radical (unpaired) electrons. The molecule has 5 nitrogen and oxygen atoms in total. The minimum Gasteiger partial charge on any atom is -0.399 e. The van der Waals surface area contributed by atoms with Crippen molar-refractivity contribution in [2.75, 3.05) is 12.0 Å². The molecule has 0 saturated heterocycles. The molecule has 0 saturated carbocycles. The van der Waals surface area contributed by atoms with Crippen LogP contribution in [0.1, 0.15) is 34.6 Å². The van der Waals surface area contributed by atoms with Gasteiger partial charge in [-0.15, -0.1) is 0 Å². The Morgan fingerprint density at radius 3 is 1.53 bits per heavy atom. The lowest BCUT2D eigenvalue weighted by molar-refractivity contribution is -0.117. The number of nitrogens with two attached hydrogens (primary N) is 1. The molecule has 6 heteroatoms. The van der Waals surface area contributed by atoms with E-state index in [2.05, 4.69) is 0 Å². The highest BCUT2D eigenvalue weighted by Crippen LogP contribution is 1.95. The molecule has 1 aromatic rings. The van der Waals surface area contributed by atoms with Crippen LogP contribution in [0.15, 0.2) is 30.3 Å². The first-order valence-corrected chi connectivity index (χ1v) is 7.99. The lowest BCUT2D eigenvalue weighted by Crippen LogP contribution is -2.26. The molecule has 0 fully saturated rings. The number of amides is 1. The standard InChI is InChI=1S/C6H7N.C3H7NO3S.2C2H6/c7-6-4-2-1-3-5-6;1-3(5)4-8(2,6)7;2*1-2/h1-5H,7H2;1-2H3,(H,4,5);2*1-2H3. The van der Waals surface area contributed by atoms with Crippen molar-refractivity contribution in [1.82, 2.24) is 4.72 Å². The van der Waals surface area contributed by atoms with Gasteiger partial charge in [-0.2, -0.15) is 0 Å². The predicted octanol–water partition coefficient (Wildman–Crippen LogP) is 2.40. The Kier molecular flexibility index (Phi) is 17.3. The van der Waals surface area contributed by atoms with E-state index in [9.17, 15) is 13.2 Å². The molecule has 1 rings (SSSR count). The molecule has 0 unspecified atom stereocenters. The Balaban J connectivity index is -0.000000214. The molecule has 3 N–H and O–H groups in total. The van der Waals surface area contributed by atoms with E-state index in [4.69, 9.17) is 5.73 Å². The van der Waals surface area contributed by atoms with Crippen LogP contribution in [0.3, 0.4) is 0 Å². The number of carbonyl (C=O) groups is 1. The van der Waals surface area contributed by atoms with Gasteiger partial charge in [-0.3, -0.25) is 9.52 Å². The third kappa shape index (κ3) is 26.2. The zero-order chi connectivity index (χ0) is 15.9. The van der Waals surface area contributed by atoms with Crippen LogP contribution >= 0.6 is 0 Å². The van der Waals surface area contributed by atoms with Gasteiger partial charge in [-0.25, -0.2) is 8.42 Å². The smallest absolute Gasteiger partial charge is 0.231 e. The number of benzene rings is 1. The Morgan fingerprint density at radius 1 is 1.05 bits per heavy atom. The Labute approximate surface area is 117 Å². The molecule has 19 heavy (non-hydrogen) atoms. The van der Waals surface area contributed by atoms with Crippen molar-refractivity contribution in [3.05, 3.63) is 30.3 Å². The van der Waals surface area contributed by atoms with Gasteiger partial charge in [0.1, 0.15) is 0 Å². The van der Waals surface area contributed by atoms with Crippen molar-refractivity contribution in [3.8, 4) is 0 Å². The van der Waals surface area contributed by atoms with Crippen LogP contribution in [0, 0.1) is 0 Å². The zero-order valence-corrected chi connectivity index (χ0v) is 13.4. The molecule has 1 amide bonds. The second-order valence-electron chi connectivity index (χ2n) is 2.84. The van der Waals surface area contributed by atoms with Gasteiger partial charge < -0.3 is 5.73 Å². The largest absolute Gasteiger partial charge is 0.399 e. The molecular weight excluding hydrogens is 264 g/mol. The highest BCUT2D eigenvalue weighted by Gasteiger charge is 1.99. The number of carbonyl (C=O) groups excluding carboxylic acids is 1. The van der Waals surface area contributed by atoms with Crippen LogP contribution < -0.4 is 10.5 Å². The molecule has 0 aromatic heterocycles. The van der Waals surface area contributed by atoms with Crippen LogP contribution in [0.4, 0.5) is 5.69 Å².